The molecule has 150 valence electrons. The predicted octanol–water partition coefficient (Wildman–Crippen LogP) is 2.56. The molecule has 1 fully saturated rings. The Balaban J connectivity index is 0.00000338. The maximum Gasteiger partial charge on any atom is 0.191 e. The molecule has 2 N–H and O–H groups in total. The maximum absolute atomic E-state index is 5.63. The van der Waals surface area contributed by atoms with Crippen LogP contribution in [0.2, 0.25) is 0 Å². The zero-order valence-electron chi connectivity index (χ0n) is 15.8. The lowest BCUT2D eigenvalue weighted by Crippen LogP contribution is -2.41. The number of furan rings is 1. The summed E-state index contributed by atoms with van der Waals surface area (Å²) in [5.41, 5.74) is 0. The second-order valence-corrected chi connectivity index (χ2v) is 6.04. The van der Waals surface area contributed by atoms with Crippen molar-refractivity contribution in [2.45, 2.75) is 38.9 Å². The Morgan fingerprint density at radius 3 is 2.73 bits per heavy atom. The van der Waals surface area contributed by atoms with E-state index in [9.17, 15) is 0 Å². The largest absolute Gasteiger partial charge is 0.469 e. The number of halogens is 1. The van der Waals surface area contributed by atoms with Gasteiger partial charge in [0.05, 0.1) is 19.5 Å². The van der Waals surface area contributed by atoms with Crippen molar-refractivity contribution >= 4 is 29.9 Å². The highest BCUT2D eigenvalue weighted by Gasteiger charge is 2.30. The fourth-order valence-electron chi connectivity index (χ4n) is 2.54. The van der Waals surface area contributed by atoms with E-state index in [1.54, 1.807) is 6.26 Å². The summed E-state index contributed by atoms with van der Waals surface area (Å²) in [5, 5.41) is 6.69. The first-order chi connectivity index (χ1) is 12.2. The van der Waals surface area contributed by atoms with Gasteiger partial charge >= 0.3 is 0 Å². The Morgan fingerprint density at radius 1 is 1.27 bits per heavy atom. The minimum Gasteiger partial charge on any atom is -0.469 e. The number of ether oxygens (including phenoxy) is 3. The fraction of sp³-hybridized carbons (Fsp3) is 0.722. The molecule has 0 aliphatic carbocycles. The van der Waals surface area contributed by atoms with Gasteiger partial charge in [0.2, 0.25) is 0 Å². The summed E-state index contributed by atoms with van der Waals surface area (Å²) >= 11 is 0. The molecule has 0 unspecified atom stereocenters. The van der Waals surface area contributed by atoms with Crippen molar-refractivity contribution in [3.05, 3.63) is 24.2 Å². The van der Waals surface area contributed by atoms with Gasteiger partial charge in [0.25, 0.3) is 0 Å². The number of nitrogens with zero attached hydrogens (tertiary/aromatic N) is 1. The van der Waals surface area contributed by atoms with Crippen molar-refractivity contribution < 1.29 is 18.6 Å². The highest BCUT2D eigenvalue weighted by Crippen LogP contribution is 2.21. The molecule has 7 nitrogen and oxygen atoms in total. The van der Waals surface area contributed by atoms with E-state index in [0.29, 0.717) is 13.2 Å². The van der Waals surface area contributed by atoms with E-state index >= 15 is 0 Å². The first kappa shape index (κ1) is 23.2. The molecule has 0 aromatic carbocycles. The van der Waals surface area contributed by atoms with E-state index in [0.717, 1.165) is 63.8 Å². The third-order valence-corrected chi connectivity index (χ3v) is 3.93. The first-order valence-corrected chi connectivity index (χ1v) is 9.12. The molecule has 1 aromatic heterocycles. The van der Waals surface area contributed by atoms with Crippen molar-refractivity contribution in [3.8, 4) is 0 Å². The van der Waals surface area contributed by atoms with Gasteiger partial charge in [-0.05, 0) is 32.4 Å². The third kappa shape index (κ3) is 9.20. The van der Waals surface area contributed by atoms with E-state index < -0.39 is 5.79 Å². The molecular weight excluding hydrogens is 449 g/mol. The van der Waals surface area contributed by atoms with Crippen molar-refractivity contribution in [1.82, 2.24) is 10.6 Å². The van der Waals surface area contributed by atoms with Crippen molar-refractivity contribution in [3.63, 3.8) is 0 Å². The highest BCUT2D eigenvalue weighted by molar-refractivity contribution is 14.0. The third-order valence-electron chi connectivity index (χ3n) is 3.93. The quantitative estimate of drug-likeness (QED) is 0.219. The van der Waals surface area contributed by atoms with E-state index in [4.69, 9.17) is 18.6 Å². The molecule has 26 heavy (non-hydrogen) atoms. The van der Waals surface area contributed by atoms with E-state index in [1.807, 2.05) is 26.0 Å². The lowest BCUT2D eigenvalue weighted by Gasteiger charge is -2.23. The van der Waals surface area contributed by atoms with E-state index in [1.165, 1.54) is 0 Å². The van der Waals surface area contributed by atoms with Crippen LogP contribution in [0.4, 0.5) is 0 Å². The normalized spacial score (nSPS) is 16.3. The van der Waals surface area contributed by atoms with Crippen LogP contribution in [0.3, 0.4) is 0 Å². The van der Waals surface area contributed by atoms with Crippen molar-refractivity contribution in [1.29, 1.82) is 0 Å². The summed E-state index contributed by atoms with van der Waals surface area (Å²) in [6, 6.07) is 3.88. The lowest BCUT2D eigenvalue weighted by atomic mass is 10.2. The van der Waals surface area contributed by atoms with Gasteiger partial charge in [0, 0.05) is 45.7 Å². The van der Waals surface area contributed by atoms with Crippen LogP contribution in [0.25, 0.3) is 0 Å². The maximum atomic E-state index is 5.63. The molecule has 0 saturated carbocycles. The first-order valence-electron chi connectivity index (χ1n) is 9.12. The number of hydrogen-bond acceptors (Lipinski definition) is 5. The Hall–Kier alpha value is -0.840. The topological polar surface area (TPSA) is 77.2 Å². The molecule has 0 spiro atoms. The summed E-state index contributed by atoms with van der Waals surface area (Å²) in [7, 11) is 0. The molecule has 0 atom stereocenters. The zero-order valence-corrected chi connectivity index (χ0v) is 18.1. The van der Waals surface area contributed by atoms with Gasteiger partial charge in [-0.3, -0.25) is 4.99 Å². The minimum absolute atomic E-state index is 0. The van der Waals surface area contributed by atoms with Crippen LogP contribution in [0.1, 0.15) is 32.4 Å². The molecule has 1 aliphatic rings. The Morgan fingerprint density at radius 2 is 2.04 bits per heavy atom. The SMILES string of the molecule is CCOCCCN=C(NCCc1ccco1)NCCC1(C)OCCO1.I. The fourth-order valence-corrected chi connectivity index (χ4v) is 2.54. The molecule has 0 amide bonds. The summed E-state index contributed by atoms with van der Waals surface area (Å²) in [6.45, 7) is 9.00. The Bertz CT molecular complexity index is 491. The molecule has 1 aromatic rings. The molecule has 0 radical (unpaired) electrons. The van der Waals surface area contributed by atoms with Crippen LogP contribution in [0.5, 0.6) is 0 Å². The minimum atomic E-state index is -0.485. The predicted molar refractivity (Wildman–Crippen MR) is 112 cm³/mol. The van der Waals surface area contributed by atoms with Crippen LogP contribution < -0.4 is 10.6 Å². The molecule has 2 rings (SSSR count). The average molecular weight is 481 g/mol. The van der Waals surface area contributed by atoms with Crippen molar-refractivity contribution in [2.75, 3.05) is 46.1 Å². The van der Waals surface area contributed by atoms with Crippen LogP contribution in [0, 0.1) is 0 Å². The summed E-state index contributed by atoms with van der Waals surface area (Å²) in [4.78, 5) is 4.60. The van der Waals surface area contributed by atoms with Gasteiger partial charge in [-0.25, -0.2) is 0 Å². The van der Waals surface area contributed by atoms with Crippen LogP contribution in [-0.2, 0) is 20.6 Å². The number of nitrogens with one attached hydrogen (secondary N) is 2. The second-order valence-electron chi connectivity index (χ2n) is 6.04. The Kier molecular flexibility index (Phi) is 11.9. The summed E-state index contributed by atoms with van der Waals surface area (Å²) in [6.07, 6.45) is 4.18. The van der Waals surface area contributed by atoms with Crippen molar-refractivity contribution in [2.24, 2.45) is 4.99 Å². The number of rotatable bonds is 11. The van der Waals surface area contributed by atoms with Gasteiger partial charge < -0.3 is 29.3 Å². The standard InChI is InChI=1S/C18H31N3O4.HI/c1-3-22-12-5-9-19-17(20-10-7-16-6-4-13-23-16)21-11-8-18(2)24-14-15-25-18;/h4,6,13H,3,5,7-12,14-15H2,1-2H3,(H2,19,20,21);1H. The number of guanidine groups is 1. The molecule has 2 heterocycles. The monoisotopic (exact) mass is 481 g/mol. The van der Waals surface area contributed by atoms with Gasteiger partial charge in [-0.1, -0.05) is 0 Å². The number of aliphatic imine (C=N–C) groups is 1. The lowest BCUT2D eigenvalue weighted by molar-refractivity contribution is -0.145. The Labute approximate surface area is 173 Å². The second kappa shape index (κ2) is 13.3. The highest BCUT2D eigenvalue weighted by atomic mass is 127. The molecule has 8 heteroatoms. The summed E-state index contributed by atoms with van der Waals surface area (Å²) < 4.78 is 22.0. The molecule has 0 bridgehead atoms. The molecule has 1 aliphatic heterocycles. The van der Waals surface area contributed by atoms with Gasteiger partial charge in [0.15, 0.2) is 11.7 Å². The van der Waals surface area contributed by atoms with Gasteiger partial charge in [-0.15, -0.1) is 24.0 Å². The van der Waals surface area contributed by atoms with Crippen LogP contribution in [-0.4, -0.2) is 57.8 Å². The zero-order chi connectivity index (χ0) is 17.8. The van der Waals surface area contributed by atoms with E-state index in [-0.39, 0.29) is 24.0 Å². The average Bonchev–Trinajstić information content (AvgIpc) is 3.26. The summed E-state index contributed by atoms with van der Waals surface area (Å²) in [5.74, 6) is 1.27. The molecule has 1 saturated heterocycles. The van der Waals surface area contributed by atoms with Crippen LogP contribution in [0.15, 0.2) is 27.8 Å². The number of hydrogen-bond donors (Lipinski definition) is 2. The van der Waals surface area contributed by atoms with Crippen LogP contribution >= 0.6 is 24.0 Å². The smallest absolute Gasteiger partial charge is 0.191 e. The molecular formula is C18H32IN3O4. The van der Waals surface area contributed by atoms with E-state index in [2.05, 4.69) is 15.6 Å². The van der Waals surface area contributed by atoms with Gasteiger partial charge in [-0.2, -0.15) is 0 Å². The van der Waals surface area contributed by atoms with Gasteiger partial charge in [0.1, 0.15) is 5.76 Å².